The van der Waals surface area contributed by atoms with Crippen LogP contribution in [0.5, 0.6) is 0 Å². The van der Waals surface area contributed by atoms with Gasteiger partial charge in [0.1, 0.15) is 0 Å². The zero-order valence-corrected chi connectivity index (χ0v) is 14.3. The van der Waals surface area contributed by atoms with Crippen LogP contribution >= 0.6 is 0 Å². The SMILES string of the molecule is CCC(N)C(c1ccccc1C)N1CCN(C)C(C)(C)C1. The molecule has 1 fully saturated rings. The van der Waals surface area contributed by atoms with Gasteiger partial charge in [-0.15, -0.1) is 0 Å². The second kappa shape index (κ2) is 6.47. The zero-order chi connectivity index (χ0) is 15.6. The number of piperazine rings is 1. The molecule has 1 aliphatic rings. The lowest BCUT2D eigenvalue weighted by molar-refractivity contribution is 0.00939. The van der Waals surface area contributed by atoms with Crippen molar-refractivity contribution in [1.82, 2.24) is 9.80 Å². The lowest BCUT2D eigenvalue weighted by atomic mass is 9.90. The molecule has 118 valence electrons. The average molecular weight is 289 g/mol. The fourth-order valence-corrected chi connectivity index (χ4v) is 3.36. The topological polar surface area (TPSA) is 32.5 Å². The van der Waals surface area contributed by atoms with E-state index >= 15 is 0 Å². The van der Waals surface area contributed by atoms with Crippen LogP contribution in [0.15, 0.2) is 24.3 Å². The van der Waals surface area contributed by atoms with Crippen LogP contribution in [-0.2, 0) is 0 Å². The second-order valence-corrected chi connectivity index (χ2v) is 7.08. The van der Waals surface area contributed by atoms with Crippen molar-refractivity contribution in [2.45, 2.75) is 51.7 Å². The van der Waals surface area contributed by atoms with Gasteiger partial charge in [0.05, 0.1) is 6.04 Å². The largest absolute Gasteiger partial charge is 0.326 e. The minimum absolute atomic E-state index is 0.185. The van der Waals surface area contributed by atoms with Gasteiger partial charge in [-0.2, -0.15) is 0 Å². The Bertz CT molecular complexity index is 469. The molecule has 1 aliphatic heterocycles. The maximum absolute atomic E-state index is 6.52. The first-order chi connectivity index (χ1) is 9.86. The summed E-state index contributed by atoms with van der Waals surface area (Å²) in [7, 11) is 2.22. The molecule has 3 heteroatoms. The number of aryl methyl sites for hydroxylation is 1. The predicted molar refractivity (Wildman–Crippen MR) is 90.5 cm³/mol. The number of hydrogen-bond donors (Lipinski definition) is 1. The van der Waals surface area contributed by atoms with E-state index in [1.807, 2.05) is 0 Å². The third kappa shape index (κ3) is 3.47. The number of nitrogens with zero attached hydrogens (tertiary/aromatic N) is 2. The van der Waals surface area contributed by atoms with Crippen molar-refractivity contribution in [3.63, 3.8) is 0 Å². The quantitative estimate of drug-likeness (QED) is 0.925. The summed E-state index contributed by atoms with van der Waals surface area (Å²) in [5.74, 6) is 0. The van der Waals surface area contributed by atoms with Gasteiger partial charge in [-0.25, -0.2) is 0 Å². The fraction of sp³-hybridized carbons (Fsp3) is 0.667. The van der Waals surface area contributed by atoms with Gasteiger partial charge in [0.2, 0.25) is 0 Å². The van der Waals surface area contributed by atoms with Gasteiger partial charge >= 0.3 is 0 Å². The molecule has 2 atom stereocenters. The molecule has 2 N–H and O–H groups in total. The molecule has 2 unspecified atom stereocenters. The van der Waals surface area contributed by atoms with Crippen molar-refractivity contribution in [2.75, 3.05) is 26.7 Å². The Balaban J connectivity index is 2.32. The summed E-state index contributed by atoms with van der Waals surface area (Å²) in [4.78, 5) is 5.05. The molecule has 0 saturated carbocycles. The highest BCUT2D eigenvalue weighted by Gasteiger charge is 2.36. The maximum Gasteiger partial charge on any atom is 0.0502 e. The van der Waals surface area contributed by atoms with E-state index in [1.54, 1.807) is 0 Å². The Morgan fingerprint density at radius 3 is 2.48 bits per heavy atom. The standard InChI is InChI=1S/C18H31N3/c1-6-16(19)17(15-10-8-7-9-14(15)2)21-12-11-20(5)18(3,4)13-21/h7-10,16-17H,6,11-13,19H2,1-5H3. The first kappa shape index (κ1) is 16.5. The van der Waals surface area contributed by atoms with Crippen molar-refractivity contribution < 1.29 is 0 Å². The van der Waals surface area contributed by atoms with Crippen LogP contribution in [0, 0.1) is 6.92 Å². The highest BCUT2D eigenvalue weighted by molar-refractivity contribution is 5.30. The molecule has 21 heavy (non-hydrogen) atoms. The summed E-state index contributed by atoms with van der Waals surface area (Å²) in [6, 6.07) is 9.21. The molecule has 1 saturated heterocycles. The van der Waals surface area contributed by atoms with Gasteiger partial charge in [-0.1, -0.05) is 31.2 Å². The van der Waals surface area contributed by atoms with Crippen molar-refractivity contribution in [2.24, 2.45) is 5.73 Å². The molecule has 1 heterocycles. The van der Waals surface area contributed by atoms with Gasteiger partial charge in [-0.3, -0.25) is 9.80 Å². The minimum atomic E-state index is 0.185. The third-order valence-corrected chi connectivity index (χ3v) is 5.12. The van der Waals surface area contributed by atoms with Crippen LogP contribution in [-0.4, -0.2) is 48.1 Å². The summed E-state index contributed by atoms with van der Waals surface area (Å²) >= 11 is 0. The smallest absolute Gasteiger partial charge is 0.0502 e. The molecule has 0 spiro atoms. The molecule has 2 rings (SSSR count). The van der Waals surface area contributed by atoms with Crippen LogP contribution in [0.4, 0.5) is 0 Å². The Labute approximate surface area is 130 Å². The number of hydrogen-bond acceptors (Lipinski definition) is 3. The van der Waals surface area contributed by atoms with Crippen molar-refractivity contribution >= 4 is 0 Å². The minimum Gasteiger partial charge on any atom is -0.326 e. The molecule has 0 amide bonds. The number of likely N-dealkylation sites (N-methyl/N-ethyl adjacent to an activating group) is 1. The summed E-state index contributed by atoms with van der Waals surface area (Å²) in [6.07, 6.45) is 1.01. The summed E-state index contributed by atoms with van der Waals surface area (Å²) < 4.78 is 0. The molecule has 0 aliphatic carbocycles. The predicted octanol–water partition coefficient (Wildman–Crippen LogP) is 2.80. The molecule has 1 aromatic rings. The molecule has 0 bridgehead atoms. The van der Waals surface area contributed by atoms with E-state index in [2.05, 4.69) is 68.8 Å². The number of nitrogens with two attached hydrogens (primary N) is 1. The van der Waals surface area contributed by atoms with E-state index in [-0.39, 0.29) is 11.6 Å². The van der Waals surface area contributed by atoms with E-state index in [4.69, 9.17) is 5.73 Å². The molecule has 0 aromatic heterocycles. The van der Waals surface area contributed by atoms with E-state index in [9.17, 15) is 0 Å². The highest BCUT2D eigenvalue weighted by Crippen LogP contribution is 2.32. The van der Waals surface area contributed by atoms with Gasteiger partial charge in [0.15, 0.2) is 0 Å². The molecule has 0 radical (unpaired) electrons. The van der Waals surface area contributed by atoms with Crippen molar-refractivity contribution in [3.05, 3.63) is 35.4 Å². The Kier molecular flexibility index (Phi) is 5.07. The van der Waals surface area contributed by atoms with E-state index in [1.165, 1.54) is 11.1 Å². The Morgan fingerprint density at radius 2 is 1.90 bits per heavy atom. The van der Waals surface area contributed by atoms with Gasteiger partial charge in [0, 0.05) is 31.2 Å². The lowest BCUT2D eigenvalue weighted by Crippen LogP contribution is -2.59. The van der Waals surface area contributed by atoms with E-state index < -0.39 is 0 Å². The monoisotopic (exact) mass is 289 g/mol. The normalized spacial score (nSPS) is 23.0. The van der Waals surface area contributed by atoms with Crippen LogP contribution in [0.3, 0.4) is 0 Å². The molecular formula is C18H31N3. The maximum atomic E-state index is 6.52. The number of benzene rings is 1. The zero-order valence-electron chi connectivity index (χ0n) is 14.3. The van der Waals surface area contributed by atoms with Gasteiger partial charge in [0.25, 0.3) is 0 Å². The van der Waals surface area contributed by atoms with Crippen LogP contribution in [0.1, 0.15) is 44.4 Å². The van der Waals surface area contributed by atoms with Crippen molar-refractivity contribution in [3.8, 4) is 0 Å². The first-order valence-corrected chi connectivity index (χ1v) is 8.13. The fourth-order valence-electron chi connectivity index (χ4n) is 3.36. The lowest BCUT2D eigenvalue weighted by Gasteiger charge is -2.49. The van der Waals surface area contributed by atoms with E-state index in [0.29, 0.717) is 6.04 Å². The highest BCUT2D eigenvalue weighted by atomic mass is 15.3. The summed E-state index contributed by atoms with van der Waals surface area (Å²) in [6.45, 7) is 12.3. The average Bonchev–Trinajstić information content (AvgIpc) is 2.44. The number of rotatable bonds is 4. The molecular weight excluding hydrogens is 258 g/mol. The van der Waals surface area contributed by atoms with Crippen LogP contribution < -0.4 is 5.73 Å². The first-order valence-electron chi connectivity index (χ1n) is 8.13. The third-order valence-electron chi connectivity index (χ3n) is 5.12. The van der Waals surface area contributed by atoms with E-state index in [0.717, 1.165) is 26.1 Å². The molecule has 1 aromatic carbocycles. The van der Waals surface area contributed by atoms with Gasteiger partial charge < -0.3 is 5.73 Å². The Morgan fingerprint density at radius 1 is 1.24 bits per heavy atom. The molecule has 3 nitrogen and oxygen atoms in total. The van der Waals surface area contributed by atoms with Crippen molar-refractivity contribution in [1.29, 1.82) is 0 Å². The second-order valence-electron chi connectivity index (χ2n) is 7.08. The van der Waals surface area contributed by atoms with Crippen LogP contribution in [0.25, 0.3) is 0 Å². The Hall–Kier alpha value is -0.900. The van der Waals surface area contributed by atoms with Crippen LogP contribution in [0.2, 0.25) is 0 Å². The summed E-state index contributed by atoms with van der Waals surface area (Å²) in [5.41, 5.74) is 9.46. The summed E-state index contributed by atoms with van der Waals surface area (Å²) in [5, 5.41) is 0. The van der Waals surface area contributed by atoms with Gasteiger partial charge in [-0.05, 0) is 45.4 Å².